The molecular formula is C18H22B3N5O3. The van der Waals surface area contributed by atoms with Crippen LogP contribution in [0.2, 0.25) is 0 Å². The van der Waals surface area contributed by atoms with Crippen molar-refractivity contribution in [3.63, 3.8) is 0 Å². The fourth-order valence-corrected chi connectivity index (χ4v) is 3.38. The Morgan fingerprint density at radius 3 is 2.52 bits per heavy atom. The number of nitrogens with zero attached hydrogens (tertiary/aromatic N) is 4. The van der Waals surface area contributed by atoms with Crippen molar-refractivity contribution in [3.05, 3.63) is 17.5 Å². The predicted octanol–water partition coefficient (Wildman–Crippen LogP) is -1.94. The number of methoxy groups -OCH3 is 1. The molecule has 0 aliphatic heterocycles. The Kier molecular flexibility index (Phi) is 7.13. The van der Waals surface area contributed by atoms with Crippen LogP contribution < -0.4 is 22.2 Å². The molecule has 1 aliphatic carbocycles. The molecule has 1 N–H and O–H groups in total. The lowest BCUT2D eigenvalue weighted by molar-refractivity contribution is -0.00409. The molecule has 8 nitrogen and oxygen atoms in total. The summed E-state index contributed by atoms with van der Waals surface area (Å²) >= 11 is 0. The van der Waals surface area contributed by atoms with Gasteiger partial charge >= 0.3 is 0 Å². The second-order valence-electron chi connectivity index (χ2n) is 7.08. The van der Waals surface area contributed by atoms with Crippen LogP contribution in [0.5, 0.6) is 0 Å². The van der Waals surface area contributed by atoms with Crippen molar-refractivity contribution in [1.29, 1.82) is 0 Å². The highest BCUT2D eigenvalue weighted by atomic mass is 16.5. The number of nitrogens with one attached hydrogen (secondary N) is 1. The largest absolute Gasteiger partial charge is 0.382 e. The lowest BCUT2D eigenvalue weighted by Crippen LogP contribution is -2.40. The molecule has 1 amide bonds. The van der Waals surface area contributed by atoms with Crippen LogP contribution in [-0.4, -0.2) is 81.4 Å². The lowest BCUT2D eigenvalue weighted by atomic mass is 9.91. The molecule has 3 rings (SSSR count). The molecule has 146 valence electrons. The monoisotopic (exact) mass is 389 g/mol. The number of rotatable bonds is 7. The van der Waals surface area contributed by atoms with Crippen LogP contribution in [0.15, 0.2) is 6.07 Å². The Morgan fingerprint density at radius 1 is 1.17 bits per heavy atom. The van der Waals surface area contributed by atoms with E-state index in [4.69, 9.17) is 33.0 Å². The van der Waals surface area contributed by atoms with Gasteiger partial charge in [0.15, 0.2) is 7.85 Å². The van der Waals surface area contributed by atoms with Crippen molar-refractivity contribution in [2.75, 3.05) is 20.3 Å². The summed E-state index contributed by atoms with van der Waals surface area (Å²) in [6.07, 6.45) is 3.69. The zero-order chi connectivity index (χ0) is 21.0. The number of amides is 1. The molecule has 2 aromatic rings. The van der Waals surface area contributed by atoms with Crippen LogP contribution in [0, 0.1) is 6.92 Å². The molecule has 6 radical (unpaired) electrons. The van der Waals surface area contributed by atoms with Crippen molar-refractivity contribution in [2.45, 2.75) is 44.8 Å². The number of aryl methyl sites for hydroxylation is 1. The second-order valence-corrected chi connectivity index (χ2v) is 7.08. The Labute approximate surface area is 174 Å². The van der Waals surface area contributed by atoms with Crippen LogP contribution in [0.3, 0.4) is 0 Å². The molecule has 0 unspecified atom stereocenters. The third kappa shape index (κ3) is 5.28. The fraction of sp³-hybridized carbons (Fsp3) is 0.556. The number of hydrogen-bond acceptors (Lipinski definition) is 6. The van der Waals surface area contributed by atoms with Gasteiger partial charge in [-0.1, -0.05) is 0 Å². The number of imidazole rings is 1. The van der Waals surface area contributed by atoms with E-state index < -0.39 is 0 Å². The van der Waals surface area contributed by atoms with E-state index in [0.29, 0.717) is 18.9 Å². The van der Waals surface area contributed by atoms with E-state index in [2.05, 4.69) is 20.3 Å². The quantitative estimate of drug-likeness (QED) is 0.438. The van der Waals surface area contributed by atoms with Crippen LogP contribution in [0.25, 0.3) is 5.95 Å². The first-order valence-corrected chi connectivity index (χ1v) is 9.55. The van der Waals surface area contributed by atoms with Crippen LogP contribution in [-0.2, 0) is 9.47 Å². The SMILES string of the molecule is [B]c1nc([B])n(-c2nc(C)cc(C(=O)NC3CCC(OCCOC)CC3)n2)c1[B]. The van der Waals surface area contributed by atoms with Gasteiger partial charge < -0.3 is 14.8 Å². The van der Waals surface area contributed by atoms with E-state index in [9.17, 15) is 4.79 Å². The van der Waals surface area contributed by atoms with Gasteiger partial charge in [-0.25, -0.2) is 9.97 Å². The average molecular weight is 389 g/mol. The van der Waals surface area contributed by atoms with Gasteiger partial charge in [-0.15, -0.1) is 0 Å². The first kappa shape index (κ1) is 21.6. The molecule has 11 heteroatoms. The van der Waals surface area contributed by atoms with Gasteiger partial charge in [-0.3, -0.25) is 14.3 Å². The highest BCUT2D eigenvalue weighted by Crippen LogP contribution is 2.21. The summed E-state index contributed by atoms with van der Waals surface area (Å²) in [4.78, 5) is 25.3. The Bertz CT molecular complexity index is 869. The third-order valence-corrected chi connectivity index (χ3v) is 4.89. The molecule has 0 saturated heterocycles. The standard InChI is InChI=1S/C18H22B3N5O3/c1-10-9-13(24-18(22-10)26-15(20)14(19)25-17(26)21)16(27)23-11-3-5-12(6-4-11)29-8-7-28-2/h9,11-12H,3-8H2,1-2H3,(H,23,27). The van der Waals surface area contributed by atoms with Gasteiger partial charge in [0.1, 0.15) is 21.4 Å². The summed E-state index contributed by atoms with van der Waals surface area (Å²) in [5.41, 5.74) is 1.11. The molecule has 1 aliphatic rings. The third-order valence-electron chi connectivity index (χ3n) is 4.89. The first-order chi connectivity index (χ1) is 13.9. The summed E-state index contributed by atoms with van der Waals surface area (Å²) in [7, 11) is 19.1. The van der Waals surface area contributed by atoms with Crippen molar-refractivity contribution in [3.8, 4) is 5.95 Å². The van der Waals surface area contributed by atoms with E-state index in [1.807, 2.05) is 0 Å². The number of carbonyl (C=O) groups is 1. The second kappa shape index (κ2) is 9.58. The van der Waals surface area contributed by atoms with Crippen molar-refractivity contribution in [1.82, 2.24) is 24.8 Å². The highest BCUT2D eigenvalue weighted by molar-refractivity contribution is 6.48. The molecular weight excluding hydrogens is 367 g/mol. The summed E-state index contributed by atoms with van der Waals surface area (Å²) in [5, 5.41) is 3.04. The summed E-state index contributed by atoms with van der Waals surface area (Å²) < 4.78 is 12.1. The molecule has 0 bridgehead atoms. The smallest absolute Gasteiger partial charge is 0.270 e. The topological polar surface area (TPSA) is 91.2 Å². The maximum absolute atomic E-state index is 12.8. The molecule has 2 aromatic heterocycles. The number of aromatic nitrogens is 4. The van der Waals surface area contributed by atoms with E-state index in [0.717, 1.165) is 25.7 Å². The maximum atomic E-state index is 12.8. The molecule has 0 aromatic carbocycles. The molecule has 1 fully saturated rings. The van der Waals surface area contributed by atoms with Crippen LogP contribution in [0.1, 0.15) is 41.9 Å². The maximum Gasteiger partial charge on any atom is 0.270 e. The fourth-order valence-electron chi connectivity index (χ4n) is 3.38. The van der Waals surface area contributed by atoms with Gasteiger partial charge in [0.2, 0.25) is 5.95 Å². The van der Waals surface area contributed by atoms with Gasteiger partial charge in [-0.05, 0) is 49.9 Å². The molecule has 2 heterocycles. The van der Waals surface area contributed by atoms with E-state index in [1.54, 1.807) is 20.1 Å². The van der Waals surface area contributed by atoms with E-state index >= 15 is 0 Å². The lowest BCUT2D eigenvalue weighted by Gasteiger charge is -2.29. The van der Waals surface area contributed by atoms with Crippen molar-refractivity contribution >= 4 is 46.4 Å². The van der Waals surface area contributed by atoms with Crippen LogP contribution >= 0.6 is 0 Å². The van der Waals surface area contributed by atoms with Crippen LogP contribution in [0.4, 0.5) is 0 Å². The highest BCUT2D eigenvalue weighted by Gasteiger charge is 2.24. The Morgan fingerprint density at radius 2 is 1.90 bits per heavy atom. The van der Waals surface area contributed by atoms with E-state index in [1.165, 1.54) is 4.57 Å². The first-order valence-electron chi connectivity index (χ1n) is 9.55. The molecule has 1 saturated carbocycles. The minimum absolute atomic E-state index is 0.0590. The summed E-state index contributed by atoms with van der Waals surface area (Å²) in [5.74, 6) is -0.115. The normalized spacial score (nSPS) is 19.2. The Hall–Kier alpha value is -2.13. The van der Waals surface area contributed by atoms with E-state index in [-0.39, 0.29) is 46.6 Å². The van der Waals surface area contributed by atoms with Crippen molar-refractivity contribution < 1.29 is 14.3 Å². The molecule has 0 spiro atoms. The van der Waals surface area contributed by atoms with Gasteiger partial charge in [0.05, 0.1) is 25.0 Å². The number of carbonyl (C=O) groups excluding carboxylic acids is 1. The Balaban J connectivity index is 1.65. The zero-order valence-corrected chi connectivity index (χ0v) is 16.7. The van der Waals surface area contributed by atoms with Gasteiger partial charge in [0, 0.05) is 18.8 Å². The van der Waals surface area contributed by atoms with Crippen molar-refractivity contribution in [2.24, 2.45) is 0 Å². The number of hydrogen-bond donors (Lipinski definition) is 1. The summed E-state index contributed by atoms with van der Waals surface area (Å²) in [6, 6.07) is 1.69. The predicted molar refractivity (Wildman–Crippen MR) is 111 cm³/mol. The van der Waals surface area contributed by atoms with Gasteiger partial charge in [0.25, 0.3) is 5.91 Å². The van der Waals surface area contributed by atoms with Gasteiger partial charge in [-0.2, -0.15) is 0 Å². The molecule has 29 heavy (non-hydrogen) atoms. The average Bonchev–Trinajstić information content (AvgIpc) is 2.94. The minimum Gasteiger partial charge on any atom is -0.382 e. The minimum atomic E-state index is -0.272. The number of ether oxygens (including phenoxy) is 2. The zero-order valence-electron chi connectivity index (χ0n) is 16.7. The molecule has 0 atom stereocenters. The summed E-state index contributed by atoms with van der Waals surface area (Å²) in [6.45, 7) is 2.94.